The minimum atomic E-state index is -1.25. The fraction of sp³-hybridized carbons (Fsp3) is 0.105. The Kier molecular flexibility index (Phi) is 5.26. The van der Waals surface area contributed by atoms with Gasteiger partial charge in [-0.15, -0.1) is 0 Å². The zero-order valence-electron chi connectivity index (χ0n) is 15.1. The van der Waals surface area contributed by atoms with Crippen LogP contribution in [0.4, 0.5) is 11.4 Å². The Hall–Kier alpha value is -4.21. The van der Waals surface area contributed by atoms with Gasteiger partial charge in [-0.3, -0.25) is 25.1 Å². The van der Waals surface area contributed by atoms with Crippen LogP contribution < -0.4 is 15.2 Å². The number of hydrazine groups is 1. The summed E-state index contributed by atoms with van der Waals surface area (Å²) < 4.78 is 5.31. The van der Waals surface area contributed by atoms with Gasteiger partial charge >= 0.3 is 5.97 Å². The highest BCUT2D eigenvalue weighted by atomic mass is 16.6. The molecule has 0 bridgehead atoms. The first-order chi connectivity index (χ1) is 13.8. The van der Waals surface area contributed by atoms with Gasteiger partial charge in [-0.2, -0.15) is 0 Å². The number of aliphatic carboxylic acids is 1. The van der Waals surface area contributed by atoms with Crippen molar-refractivity contribution in [2.45, 2.75) is 13.0 Å². The second-order valence-corrected chi connectivity index (χ2v) is 6.05. The maximum Gasteiger partial charge on any atom is 0.344 e. The number of nitrogens with one attached hydrogen (secondary N) is 1. The molecule has 1 saturated heterocycles. The third-order valence-corrected chi connectivity index (χ3v) is 4.06. The topological polar surface area (TPSA) is 139 Å². The Labute approximate surface area is 164 Å². The number of para-hydroxylation sites is 1. The minimum Gasteiger partial charge on any atom is -0.479 e. The van der Waals surface area contributed by atoms with E-state index in [0.29, 0.717) is 5.69 Å². The van der Waals surface area contributed by atoms with E-state index in [4.69, 9.17) is 9.84 Å². The van der Waals surface area contributed by atoms with Gasteiger partial charge in [0.2, 0.25) is 0 Å². The molecule has 10 nitrogen and oxygen atoms in total. The number of nitro groups is 1. The van der Waals surface area contributed by atoms with Crippen molar-refractivity contribution < 1.29 is 29.2 Å². The molecule has 1 unspecified atom stereocenters. The van der Waals surface area contributed by atoms with Gasteiger partial charge in [-0.25, -0.2) is 9.80 Å². The van der Waals surface area contributed by atoms with Gasteiger partial charge in [0.05, 0.1) is 10.6 Å². The van der Waals surface area contributed by atoms with Gasteiger partial charge in [0.1, 0.15) is 11.3 Å². The predicted octanol–water partition coefficient (Wildman–Crippen LogP) is 1.91. The summed E-state index contributed by atoms with van der Waals surface area (Å²) >= 11 is 0. The second kappa shape index (κ2) is 7.80. The van der Waals surface area contributed by atoms with E-state index in [2.05, 4.69) is 5.43 Å². The first-order valence-electron chi connectivity index (χ1n) is 8.38. The number of non-ortho nitro benzene ring substituents is 1. The summed E-state index contributed by atoms with van der Waals surface area (Å²) in [6.07, 6.45) is -0.111. The number of ether oxygens (including phenoxy) is 1. The number of carbonyl (C=O) groups is 3. The van der Waals surface area contributed by atoms with Crippen molar-refractivity contribution in [2.75, 3.05) is 5.01 Å². The molecule has 2 amide bonds. The number of carboxylic acid groups (broad SMARTS) is 1. The molecule has 3 rings (SSSR count). The third kappa shape index (κ3) is 4.05. The number of hydrogen-bond acceptors (Lipinski definition) is 6. The van der Waals surface area contributed by atoms with E-state index in [9.17, 15) is 24.5 Å². The first kappa shape index (κ1) is 19.5. The van der Waals surface area contributed by atoms with Crippen molar-refractivity contribution in [1.82, 2.24) is 5.43 Å². The van der Waals surface area contributed by atoms with Crippen LogP contribution in [0.25, 0.3) is 6.08 Å². The number of carboxylic acids is 1. The van der Waals surface area contributed by atoms with Crippen LogP contribution in [-0.4, -0.2) is 33.9 Å². The van der Waals surface area contributed by atoms with Crippen LogP contribution in [0.1, 0.15) is 12.5 Å². The Morgan fingerprint density at radius 2 is 1.93 bits per heavy atom. The standard InChI is InChI=1S/C19H15N3O7/c1-11(19(25)26)29-16-8-7-14(22(27)28)9-12(16)10-15-17(23)20-21(18(15)24)13-5-3-2-4-6-13/h2-11H,1H3,(H,20,23)(H,25,26). The molecule has 148 valence electrons. The quantitative estimate of drug-likeness (QED) is 0.328. The molecule has 0 aliphatic carbocycles. The van der Waals surface area contributed by atoms with E-state index in [1.54, 1.807) is 30.3 Å². The Morgan fingerprint density at radius 3 is 2.55 bits per heavy atom. The monoisotopic (exact) mass is 397 g/mol. The number of anilines is 1. The van der Waals surface area contributed by atoms with E-state index in [1.165, 1.54) is 13.0 Å². The molecule has 0 spiro atoms. The van der Waals surface area contributed by atoms with Crippen LogP contribution in [0.5, 0.6) is 5.75 Å². The molecule has 1 fully saturated rings. The van der Waals surface area contributed by atoms with Crippen LogP contribution in [-0.2, 0) is 14.4 Å². The molecule has 29 heavy (non-hydrogen) atoms. The average molecular weight is 397 g/mol. The van der Waals surface area contributed by atoms with E-state index >= 15 is 0 Å². The zero-order chi connectivity index (χ0) is 21.1. The molecule has 2 N–H and O–H groups in total. The lowest BCUT2D eigenvalue weighted by Crippen LogP contribution is -2.35. The maximum absolute atomic E-state index is 12.7. The number of nitrogens with zero attached hydrogens (tertiary/aromatic N) is 2. The van der Waals surface area contributed by atoms with Crippen molar-refractivity contribution in [3.63, 3.8) is 0 Å². The van der Waals surface area contributed by atoms with Crippen molar-refractivity contribution in [1.29, 1.82) is 0 Å². The number of hydrogen-bond donors (Lipinski definition) is 2. The van der Waals surface area contributed by atoms with Gasteiger partial charge in [0.25, 0.3) is 17.5 Å². The van der Waals surface area contributed by atoms with Crippen LogP contribution in [0.2, 0.25) is 0 Å². The smallest absolute Gasteiger partial charge is 0.344 e. The van der Waals surface area contributed by atoms with Crippen LogP contribution >= 0.6 is 0 Å². The Bertz CT molecular complexity index is 1030. The van der Waals surface area contributed by atoms with Gasteiger partial charge in [-0.05, 0) is 31.2 Å². The number of nitro benzene ring substituents is 1. The van der Waals surface area contributed by atoms with Crippen molar-refractivity contribution in [3.8, 4) is 5.75 Å². The highest BCUT2D eigenvalue weighted by molar-refractivity contribution is 6.31. The summed E-state index contributed by atoms with van der Waals surface area (Å²) in [5, 5.41) is 21.2. The van der Waals surface area contributed by atoms with Crippen LogP contribution in [0.3, 0.4) is 0 Å². The number of rotatable bonds is 6. The molecule has 10 heteroatoms. The fourth-order valence-electron chi connectivity index (χ4n) is 2.58. The highest BCUT2D eigenvalue weighted by Crippen LogP contribution is 2.29. The second-order valence-electron chi connectivity index (χ2n) is 6.05. The lowest BCUT2D eigenvalue weighted by atomic mass is 10.1. The minimum absolute atomic E-state index is 0.0169. The van der Waals surface area contributed by atoms with Crippen LogP contribution in [0.15, 0.2) is 54.1 Å². The SMILES string of the molecule is CC(Oc1ccc([N+](=O)[O-])cc1C=C1C(=O)NN(c2ccccc2)C1=O)C(=O)O. The van der Waals surface area contributed by atoms with Crippen molar-refractivity contribution in [2.24, 2.45) is 0 Å². The maximum atomic E-state index is 12.7. The summed E-state index contributed by atoms with van der Waals surface area (Å²) in [6.45, 7) is 1.28. The lowest BCUT2D eigenvalue weighted by Gasteiger charge is -2.14. The Balaban J connectivity index is 2.02. The summed E-state index contributed by atoms with van der Waals surface area (Å²) in [7, 11) is 0. The zero-order valence-corrected chi connectivity index (χ0v) is 15.1. The lowest BCUT2D eigenvalue weighted by molar-refractivity contribution is -0.384. The Morgan fingerprint density at radius 1 is 1.24 bits per heavy atom. The third-order valence-electron chi connectivity index (χ3n) is 4.06. The summed E-state index contributed by atoms with van der Waals surface area (Å²) in [6, 6.07) is 11.8. The average Bonchev–Trinajstić information content (AvgIpc) is 2.97. The molecule has 0 aromatic heterocycles. The normalized spacial score (nSPS) is 15.9. The molecular formula is C19H15N3O7. The van der Waals surface area contributed by atoms with Gasteiger partial charge < -0.3 is 9.84 Å². The molecule has 2 aromatic rings. The van der Waals surface area contributed by atoms with Gasteiger partial charge in [-0.1, -0.05) is 18.2 Å². The van der Waals surface area contributed by atoms with Gasteiger partial charge in [0, 0.05) is 17.7 Å². The number of amides is 2. The molecule has 1 heterocycles. The number of carbonyl (C=O) groups excluding carboxylic acids is 2. The molecular weight excluding hydrogens is 382 g/mol. The summed E-state index contributed by atoms with van der Waals surface area (Å²) in [4.78, 5) is 46.5. The van der Waals surface area contributed by atoms with E-state index in [0.717, 1.165) is 23.2 Å². The molecule has 2 aromatic carbocycles. The fourth-order valence-corrected chi connectivity index (χ4v) is 2.58. The van der Waals surface area contributed by atoms with E-state index in [-0.39, 0.29) is 22.6 Å². The molecule has 1 aliphatic rings. The molecule has 0 saturated carbocycles. The van der Waals surface area contributed by atoms with Crippen molar-refractivity contribution in [3.05, 3.63) is 69.8 Å². The predicted molar refractivity (Wildman–Crippen MR) is 101 cm³/mol. The van der Waals surface area contributed by atoms with Crippen LogP contribution in [0, 0.1) is 10.1 Å². The van der Waals surface area contributed by atoms with Crippen molar-refractivity contribution >= 4 is 35.2 Å². The number of benzene rings is 2. The van der Waals surface area contributed by atoms with E-state index < -0.39 is 28.8 Å². The molecule has 0 radical (unpaired) electrons. The first-order valence-corrected chi connectivity index (χ1v) is 8.38. The van der Waals surface area contributed by atoms with E-state index in [1.807, 2.05) is 0 Å². The molecule has 1 aliphatic heterocycles. The molecule has 1 atom stereocenters. The van der Waals surface area contributed by atoms with Gasteiger partial charge in [0.15, 0.2) is 6.10 Å². The summed E-state index contributed by atoms with van der Waals surface area (Å²) in [5.74, 6) is -2.63. The summed E-state index contributed by atoms with van der Waals surface area (Å²) in [5.41, 5.74) is 2.29. The largest absolute Gasteiger partial charge is 0.479 e. The highest BCUT2D eigenvalue weighted by Gasteiger charge is 2.34.